The maximum Gasteiger partial charge on any atom is 0.254 e. The number of carbonyl (C=O) groups excluding carboxylic acids is 1. The zero-order valence-electron chi connectivity index (χ0n) is 10.6. The number of fused-ring (bicyclic) bond motifs is 1. The number of hydrogen-bond acceptors (Lipinski definition) is 2. The molecule has 4 heteroatoms. The topological polar surface area (TPSA) is 29.5 Å². The van der Waals surface area contributed by atoms with Gasteiger partial charge in [-0.25, -0.2) is 0 Å². The lowest BCUT2D eigenvalue weighted by Gasteiger charge is -2.25. The molecule has 0 atom stereocenters. The van der Waals surface area contributed by atoms with Crippen LogP contribution in [0.5, 0.6) is 5.75 Å². The summed E-state index contributed by atoms with van der Waals surface area (Å²) in [5.41, 5.74) is 1.89. The third-order valence-corrected chi connectivity index (χ3v) is 3.44. The zero-order chi connectivity index (χ0) is 13.0. The van der Waals surface area contributed by atoms with E-state index in [-0.39, 0.29) is 5.91 Å². The predicted molar refractivity (Wildman–Crippen MR) is 72.6 cm³/mol. The Kier molecular flexibility index (Phi) is 4.48. The van der Waals surface area contributed by atoms with Crippen LogP contribution in [-0.4, -0.2) is 36.9 Å². The summed E-state index contributed by atoms with van der Waals surface area (Å²) in [5, 5.41) is 0. The highest BCUT2D eigenvalue weighted by atomic mass is 35.5. The average Bonchev–Trinajstić information content (AvgIpc) is 2.39. The molecule has 3 nitrogen and oxygen atoms in total. The third kappa shape index (κ3) is 2.96. The van der Waals surface area contributed by atoms with Crippen LogP contribution in [0.25, 0.3) is 0 Å². The van der Waals surface area contributed by atoms with Crippen molar-refractivity contribution in [3.8, 4) is 5.75 Å². The lowest BCUT2D eigenvalue weighted by molar-refractivity contribution is 0.0780. The molecule has 1 aliphatic rings. The van der Waals surface area contributed by atoms with Crippen LogP contribution in [-0.2, 0) is 6.42 Å². The number of carbonyl (C=O) groups is 1. The van der Waals surface area contributed by atoms with Gasteiger partial charge in [-0.15, -0.1) is 11.6 Å². The van der Waals surface area contributed by atoms with Gasteiger partial charge in [0.15, 0.2) is 0 Å². The van der Waals surface area contributed by atoms with Crippen molar-refractivity contribution in [2.24, 2.45) is 0 Å². The van der Waals surface area contributed by atoms with Crippen LogP contribution in [0.3, 0.4) is 0 Å². The van der Waals surface area contributed by atoms with E-state index < -0.39 is 0 Å². The lowest BCUT2D eigenvalue weighted by Crippen LogP contribution is -2.34. The van der Waals surface area contributed by atoms with Gasteiger partial charge in [0.05, 0.1) is 6.61 Å². The molecule has 0 saturated heterocycles. The van der Waals surface area contributed by atoms with Crippen LogP contribution in [0, 0.1) is 0 Å². The molecule has 0 aliphatic carbocycles. The van der Waals surface area contributed by atoms with E-state index in [1.165, 1.54) is 0 Å². The molecule has 0 spiro atoms. The summed E-state index contributed by atoms with van der Waals surface area (Å²) in [6.45, 7) is 1.44. The second kappa shape index (κ2) is 6.10. The van der Waals surface area contributed by atoms with Crippen LogP contribution in [0.1, 0.15) is 28.8 Å². The number of likely N-dealkylation sites (N-methyl/N-ethyl adjacent to an activating group) is 1. The number of alkyl halides is 1. The second-order valence-corrected chi connectivity index (χ2v) is 4.92. The number of nitrogens with zero attached hydrogens (tertiary/aromatic N) is 1. The first-order valence-corrected chi connectivity index (χ1v) is 6.83. The molecule has 0 saturated carbocycles. The van der Waals surface area contributed by atoms with Crippen molar-refractivity contribution < 1.29 is 9.53 Å². The highest BCUT2D eigenvalue weighted by Crippen LogP contribution is 2.23. The first kappa shape index (κ1) is 13.2. The molecule has 0 bridgehead atoms. The van der Waals surface area contributed by atoms with Gasteiger partial charge in [-0.1, -0.05) is 6.07 Å². The van der Waals surface area contributed by atoms with Crippen molar-refractivity contribution in [1.29, 1.82) is 0 Å². The van der Waals surface area contributed by atoms with Gasteiger partial charge in [0.1, 0.15) is 5.75 Å². The molecule has 1 heterocycles. The van der Waals surface area contributed by atoms with Gasteiger partial charge in [-0.2, -0.15) is 0 Å². The van der Waals surface area contributed by atoms with Crippen LogP contribution >= 0.6 is 11.6 Å². The summed E-state index contributed by atoms with van der Waals surface area (Å²) in [4.78, 5) is 13.7. The monoisotopic (exact) mass is 267 g/mol. The number of rotatable bonds is 5. The molecule has 0 radical (unpaired) electrons. The van der Waals surface area contributed by atoms with Gasteiger partial charge in [-0.3, -0.25) is 4.79 Å². The van der Waals surface area contributed by atoms with Gasteiger partial charge < -0.3 is 9.64 Å². The van der Waals surface area contributed by atoms with Gasteiger partial charge in [0.2, 0.25) is 0 Å². The minimum absolute atomic E-state index is 0.0856. The highest BCUT2D eigenvalue weighted by Gasteiger charge is 2.21. The molecule has 0 N–H and O–H groups in total. The quantitative estimate of drug-likeness (QED) is 0.606. The van der Waals surface area contributed by atoms with Crippen molar-refractivity contribution in [3.63, 3.8) is 0 Å². The molecule has 1 aliphatic heterocycles. The largest absolute Gasteiger partial charge is 0.494 e. The van der Waals surface area contributed by atoms with E-state index in [9.17, 15) is 4.79 Å². The lowest BCUT2D eigenvalue weighted by atomic mass is 9.99. The Morgan fingerprint density at radius 3 is 3.00 bits per heavy atom. The van der Waals surface area contributed by atoms with E-state index in [0.717, 1.165) is 42.7 Å². The number of amides is 1. The summed E-state index contributed by atoms with van der Waals surface area (Å²) in [6, 6.07) is 5.79. The molecule has 2 rings (SSSR count). The van der Waals surface area contributed by atoms with E-state index in [0.29, 0.717) is 12.5 Å². The molecule has 98 valence electrons. The minimum atomic E-state index is 0.0856. The fraction of sp³-hybridized carbons (Fsp3) is 0.500. The Hall–Kier alpha value is -1.22. The van der Waals surface area contributed by atoms with Crippen LogP contribution in [0.15, 0.2) is 18.2 Å². The van der Waals surface area contributed by atoms with E-state index in [1.807, 2.05) is 25.2 Å². The standard InChI is InChI=1S/C14H18ClNO2/c1-16-8-6-11-4-5-12(10-13(11)14(16)17)18-9-3-2-7-15/h4-5,10H,2-3,6-9H2,1H3. The summed E-state index contributed by atoms with van der Waals surface area (Å²) in [6.07, 6.45) is 2.81. The highest BCUT2D eigenvalue weighted by molar-refractivity contribution is 6.17. The van der Waals surface area contributed by atoms with Gasteiger partial charge in [0.25, 0.3) is 5.91 Å². The zero-order valence-corrected chi connectivity index (χ0v) is 11.4. The average molecular weight is 268 g/mol. The van der Waals surface area contributed by atoms with Crippen molar-refractivity contribution >= 4 is 17.5 Å². The molecule has 1 aromatic carbocycles. The molecule has 1 aromatic rings. The Balaban J connectivity index is 2.04. The molecule has 1 amide bonds. The smallest absolute Gasteiger partial charge is 0.254 e. The SMILES string of the molecule is CN1CCc2ccc(OCCCCCl)cc2C1=O. The van der Waals surface area contributed by atoms with Crippen LogP contribution in [0.4, 0.5) is 0 Å². The predicted octanol–water partition coefficient (Wildman–Crippen LogP) is 2.71. The van der Waals surface area contributed by atoms with E-state index in [1.54, 1.807) is 4.90 Å². The third-order valence-electron chi connectivity index (χ3n) is 3.17. The summed E-state index contributed by atoms with van der Waals surface area (Å²) in [7, 11) is 1.83. The van der Waals surface area contributed by atoms with Crippen LogP contribution in [0.2, 0.25) is 0 Å². The molecule has 0 unspecified atom stereocenters. The minimum Gasteiger partial charge on any atom is -0.494 e. The molecule has 18 heavy (non-hydrogen) atoms. The van der Waals surface area contributed by atoms with E-state index in [2.05, 4.69) is 0 Å². The summed E-state index contributed by atoms with van der Waals surface area (Å²) >= 11 is 5.61. The summed E-state index contributed by atoms with van der Waals surface area (Å²) in [5.74, 6) is 1.52. The number of halogens is 1. The van der Waals surface area contributed by atoms with Crippen molar-refractivity contribution in [1.82, 2.24) is 4.90 Å². The van der Waals surface area contributed by atoms with E-state index >= 15 is 0 Å². The van der Waals surface area contributed by atoms with Gasteiger partial charge in [-0.05, 0) is 37.0 Å². The summed E-state index contributed by atoms with van der Waals surface area (Å²) < 4.78 is 5.63. The Bertz CT molecular complexity index is 434. The van der Waals surface area contributed by atoms with Crippen LogP contribution < -0.4 is 4.74 Å². The van der Waals surface area contributed by atoms with Gasteiger partial charge in [0, 0.05) is 25.0 Å². The Morgan fingerprint density at radius 1 is 1.39 bits per heavy atom. The second-order valence-electron chi connectivity index (χ2n) is 4.54. The van der Waals surface area contributed by atoms with Crippen molar-refractivity contribution in [2.75, 3.05) is 26.1 Å². The maximum atomic E-state index is 12.0. The molecular formula is C14H18ClNO2. The number of benzene rings is 1. The van der Waals surface area contributed by atoms with Crippen molar-refractivity contribution in [3.05, 3.63) is 29.3 Å². The first-order valence-electron chi connectivity index (χ1n) is 6.29. The number of hydrogen-bond donors (Lipinski definition) is 0. The molecular weight excluding hydrogens is 250 g/mol. The van der Waals surface area contributed by atoms with E-state index in [4.69, 9.17) is 16.3 Å². The Labute approximate surface area is 113 Å². The molecule has 0 fully saturated rings. The normalized spacial score (nSPS) is 14.6. The Morgan fingerprint density at radius 2 is 2.22 bits per heavy atom. The number of ether oxygens (including phenoxy) is 1. The fourth-order valence-corrected chi connectivity index (χ4v) is 2.23. The first-order chi connectivity index (χ1) is 8.72. The fourth-order valence-electron chi connectivity index (χ4n) is 2.04. The van der Waals surface area contributed by atoms with Crippen molar-refractivity contribution in [2.45, 2.75) is 19.3 Å². The maximum absolute atomic E-state index is 12.0. The van der Waals surface area contributed by atoms with Gasteiger partial charge >= 0.3 is 0 Å². The molecule has 0 aromatic heterocycles. The number of unbranched alkanes of at least 4 members (excludes halogenated alkanes) is 1.